The molecule has 3 rings (SSSR count). The van der Waals surface area contributed by atoms with Gasteiger partial charge in [-0.2, -0.15) is 0 Å². The number of aryl methyl sites for hydroxylation is 1. The van der Waals surface area contributed by atoms with E-state index in [2.05, 4.69) is 46.5 Å². The Labute approximate surface area is 149 Å². The molecular formula is C21H29NO3. The van der Waals surface area contributed by atoms with E-state index in [1.54, 1.807) is 6.07 Å². The zero-order valence-electron chi connectivity index (χ0n) is 16.2. The summed E-state index contributed by atoms with van der Waals surface area (Å²) < 4.78 is 12.0. The number of phenols is 1. The molecule has 0 saturated heterocycles. The van der Waals surface area contributed by atoms with Crippen LogP contribution >= 0.6 is 0 Å². The molecule has 2 aromatic rings. The SMILES string of the molecule is CCCCc1nc2c(O)cc(C3=C(C(C)(C)C)C(C)(C)CO3)cc2o1. The fourth-order valence-electron chi connectivity index (χ4n) is 3.91. The first kappa shape index (κ1) is 17.8. The van der Waals surface area contributed by atoms with Crippen LogP contribution in [-0.4, -0.2) is 16.7 Å². The van der Waals surface area contributed by atoms with Crippen molar-refractivity contribution in [1.82, 2.24) is 4.98 Å². The fraction of sp³-hybridized carbons (Fsp3) is 0.571. The molecule has 1 aromatic carbocycles. The third-order valence-electron chi connectivity index (χ3n) is 4.76. The molecule has 4 heteroatoms. The maximum absolute atomic E-state index is 10.5. The van der Waals surface area contributed by atoms with Crippen LogP contribution in [0.5, 0.6) is 5.75 Å². The predicted molar refractivity (Wildman–Crippen MR) is 100 cm³/mol. The lowest BCUT2D eigenvalue weighted by Crippen LogP contribution is -2.24. The van der Waals surface area contributed by atoms with Crippen molar-refractivity contribution in [2.75, 3.05) is 6.61 Å². The van der Waals surface area contributed by atoms with E-state index in [1.165, 1.54) is 5.57 Å². The third kappa shape index (κ3) is 3.26. The van der Waals surface area contributed by atoms with Crippen molar-refractivity contribution >= 4 is 16.9 Å². The second-order valence-corrected chi connectivity index (χ2v) is 8.68. The molecular weight excluding hydrogens is 314 g/mol. The van der Waals surface area contributed by atoms with Crippen LogP contribution in [0.4, 0.5) is 0 Å². The maximum atomic E-state index is 10.5. The Balaban J connectivity index is 2.12. The monoisotopic (exact) mass is 343 g/mol. The number of ether oxygens (including phenoxy) is 1. The quantitative estimate of drug-likeness (QED) is 0.775. The highest BCUT2D eigenvalue weighted by molar-refractivity contribution is 5.84. The molecule has 2 heterocycles. The van der Waals surface area contributed by atoms with Gasteiger partial charge < -0.3 is 14.3 Å². The van der Waals surface area contributed by atoms with Gasteiger partial charge in [-0.3, -0.25) is 0 Å². The van der Waals surface area contributed by atoms with Gasteiger partial charge in [0.1, 0.15) is 11.5 Å². The summed E-state index contributed by atoms with van der Waals surface area (Å²) in [5, 5.41) is 10.5. The number of unbranched alkanes of at least 4 members (excludes halogenated alkanes) is 1. The molecule has 4 nitrogen and oxygen atoms in total. The van der Waals surface area contributed by atoms with Gasteiger partial charge in [-0.25, -0.2) is 4.98 Å². The highest BCUT2D eigenvalue weighted by Crippen LogP contribution is 2.50. The summed E-state index contributed by atoms with van der Waals surface area (Å²) in [5.41, 5.74) is 3.22. The summed E-state index contributed by atoms with van der Waals surface area (Å²) >= 11 is 0. The lowest BCUT2D eigenvalue weighted by Gasteiger charge is -2.30. The second-order valence-electron chi connectivity index (χ2n) is 8.68. The summed E-state index contributed by atoms with van der Waals surface area (Å²) in [5.74, 6) is 1.69. The third-order valence-corrected chi connectivity index (χ3v) is 4.76. The molecule has 0 aliphatic carbocycles. The number of fused-ring (bicyclic) bond motifs is 1. The lowest BCUT2D eigenvalue weighted by molar-refractivity contribution is 0.213. The van der Waals surface area contributed by atoms with Gasteiger partial charge in [0.25, 0.3) is 0 Å². The highest BCUT2D eigenvalue weighted by atomic mass is 16.5. The fourth-order valence-corrected chi connectivity index (χ4v) is 3.91. The van der Waals surface area contributed by atoms with Crippen LogP contribution < -0.4 is 0 Å². The molecule has 1 aliphatic heterocycles. The number of rotatable bonds is 4. The van der Waals surface area contributed by atoms with Crippen LogP contribution in [0.25, 0.3) is 16.9 Å². The molecule has 0 radical (unpaired) electrons. The van der Waals surface area contributed by atoms with Gasteiger partial charge in [0.05, 0.1) is 6.61 Å². The summed E-state index contributed by atoms with van der Waals surface area (Å²) in [6.45, 7) is 13.8. The molecule has 0 saturated carbocycles. The predicted octanol–water partition coefficient (Wildman–Crippen LogP) is 5.69. The van der Waals surface area contributed by atoms with Crippen molar-refractivity contribution in [3.8, 4) is 5.75 Å². The normalized spacial score (nSPS) is 17.4. The number of aromatic nitrogens is 1. The number of benzene rings is 1. The van der Waals surface area contributed by atoms with Crippen molar-refractivity contribution < 1.29 is 14.3 Å². The number of nitrogens with zero attached hydrogens (tertiary/aromatic N) is 1. The van der Waals surface area contributed by atoms with Gasteiger partial charge in [0, 0.05) is 17.4 Å². The van der Waals surface area contributed by atoms with Crippen LogP contribution in [0, 0.1) is 10.8 Å². The van der Waals surface area contributed by atoms with E-state index in [-0.39, 0.29) is 16.6 Å². The van der Waals surface area contributed by atoms with Gasteiger partial charge in [0.2, 0.25) is 0 Å². The van der Waals surface area contributed by atoms with Gasteiger partial charge in [0.15, 0.2) is 17.0 Å². The minimum Gasteiger partial charge on any atom is -0.506 e. The molecule has 0 spiro atoms. The van der Waals surface area contributed by atoms with E-state index in [0.29, 0.717) is 23.6 Å². The summed E-state index contributed by atoms with van der Waals surface area (Å²) in [4.78, 5) is 4.44. The number of hydrogen-bond donors (Lipinski definition) is 1. The molecule has 136 valence electrons. The molecule has 25 heavy (non-hydrogen) atoms. The molecule has 0 unspecified atom stereocenters. The van der Waals surface area contributed by atoms with Gasteiger partial charge in [-0.1, -0.05) is 48.0 Å². The maximum Gasteiger partial charge on any atom is 0.195 e. The summed E-state index contributed by atoms with van der Waals surface area (Å²) in [7, 11) is 0. The molecule has 0 atom stereocenters. The minimum absolute atomic E-state index is 0.0202. The second kappa shape index (κ2) is 6.08. The van der Waals surface area contributed by atoms with Crippen LogP contribution in [-0.2, 0) is 11.2 Å². The van der Waals surface area contributed by atoms with E-state index < -0.39 is 0 Å². The number of oxazole rings is 1. The molecule has 0 fully saturated rings. The summed E-state index contributed by atoms with van der Waals surface area (Å²) in [6, 6.07) is 3.69. The summed E-state index contributed by atoms with van der Waals surface area (Å²) in [6.07, 6.45) is 2.90. The Morgan fingerprint density at radius 2 is 1.96 bits per heavy atom. The van der Waals surface area contributed by atoms with Gasteiger partial charge in [-0.05, 0) is 29.5 Å². The first-order valence-corrected chi connectivity index (χ1v) is 9.14. The van der Waals surface area contributed by atoms with Crippen LogP contribution in [0.3, 0.4) is 0 Å². The molecule has 1 aliphatic rings. The average molecular weight is 343 g/mol. The van der Waals surface area contributed by atoms with Crippen LogP contribution in [0.1, 0.15) is 65.8 Å². The number of hydrogen-bond acceptors (Lipinski definition) is 4. The highest BCUT2D eigenvalue weighted by Gasteiger charge is 2.41. The topological polar surface area (TPSA) is 55.5 Å². The first-order valence-electron chi connectivity index (χ1n) is 9.14. The minimum atomic E-state index is -0.0359. The van der Waals surface area contributed by atoms with Crippen molar-refractivity contribution in [2.24, 2.45) is 10.8 Å². The van der Waals surface area contributed by atoms with Crippen molar-refractivity contribution in [1.29, 1.82) is 0 Å². The Kier molecular flexibility index (Phi) is 4.34. The van der Waals surface area contributed by atoms with Crippen LogP contribution in [0.2, 0.25) is 0 Å². The van der Waals surface area contributed by atoms with E-state index in [1.807, 2.05) is 6.07 Å². The Hall–Kier alpha value is -1.97. The van der Waals surface area contributed by atoms with E-state index >= 15 is 0 Å². The molecule has 1 N–H and O–H groups in total. The lowest BCUT2D eigenvalue weighted by atomic mass is 9.71. The van der Waals surface area contributed by atoms with Crippen molar-refractivity contribution in [3.05, 3.63) is 29.2 Å². The molecule has 1 aromatic heterocycles. The Bertz CT molecular complexity index is 822. The average Bonchev–Trinajstić information content (AvgIpc) is 3.04. The van der Waals surface area contributed by atoms with E-state index in [4.69, 9.17) is 9.15 Å². The largest absolute Gasteiger partial charge is 0.506 e. The Morgan fingerprint density at radius 1 is 1.24 bits per heavy atom. The zero-order valence-corrected chi connectivity index (χ0v) is 16.2. The van der Waals surface area contributed by atoms with E-state index in [9.17, 15) is 5.11 Å². The smallest absolute Gasteiger partial charge is 0.195 e. The van der Waals surface area contributed by atoms with E-state index in [0.717, 1.165) is 30.6 Å². The van der Waals surface area contributed by atoms with Crippen LogP contribution in [0.15, 0.2) is 22.1 Å². The van der Waals surface area contributed by atoms with Crippen molar-refractivity contribution in [2.45, 2.75) is 60.8 Å². The van der Waals surface area contributed by atoms with Crippen molar-refractivity contribution in [3.63, 3.8) is 0 Å². The number of phenolic OH excluding ortho intramolecular Hbond substituents is 1. The van der Waals surface area contributed by atoms with Gasteiger partial charge >= 0.3 is 0 Å². The van der Waals surface area contributed by atoms with Gasteiger partial charge in [-0.15, -0.1) is 0 Å². The number of aromatic hydroxyl groups is 1. The molecule has 0 amide bonds. The first-order chi connectivity index (χ1) is 11.6. The zero-order chi connectivity index (χ0) is 18.4. The standard InChI is InChI=1S/C21H29NO3/c1-7-8-9-16-22-17-14(23)10-13(11-15(17)25-16)18-19(20(2,3)4)21(5,6)12-24-18/h10-11,23H,7-9,12H2,1-6H3. The Morgan fingerprint density at radius 3 is 2.60 bits per heavy atom. The molecule has 0 bridgehead atoms.